The molecule has 0 radical (unpaired) electrons. The van der Waals surface area contributed by atoms with Crippen LogP contribution >= 0.6 is 15.9 Å². The van der Waals surface area contributed by atoms with Gasteiger partial charge in [0.15, 0.2) is 6.61 Å². The van der Waals surface area contributed by atoms with Gasteiger partial charge in [-0.3, -0.25) is 4.79 Å². The molecule has 29 heavy (non-hydrogen) atoms. The molecule has 7 heteroatoms. The average Bonchev–Trinajstić information content (AvgIpc) is 2.68. The van der Waals surface area contributed by atoms with Crippen molar-refractivity contribution in [2.24, 2.45) is 0 Å². The second kappa shape index (κ2) is 10.4. The Balaban J connectivity index is 2.25. The Labute approximate surface area is 178 Å². The van der Waals surface area contributed by atoms with Crippen molar-refractivity contribution in [3.63, 3.8) is 0 Å². The maximum absolute atomic E-state index is 12.6. The van der Waals surface area contributed by atoms with E-state index in [1.54, 1.807) is 31.2 Å². The van der Waals surface area contributed by atoms with Gasteiger partial charge in [-0.2, -0.15) is 5.26 Å². The monoisotopic (exact) mass is 456 g/mol. The first-order valence-corrected chi connectivity index (χ1v) is 9.71. The topological polar surface area (TPSA) is 88.4 Å². The van der Waals surface area contributed by atoms with Crippen molar-refractivity contribution in [2.75, 3.05) is 18.5 Å². The van der Waals surface area contributed by atoms with Crippen molar-refractivity contribution in [3.8, 4) is 11.8 Å². The number of rotatable bonds is 7. The Kier molecular flexibility index (Phi) is 7.98. The van der Waals surface area contributed by atoms with Crippen molar-refractivity contribution in [1.29, 1.82) is 5.26 Å². The summed E-state index contributed by atoms with van der Waals surface area (Å²) in [5.74, 6) is -0.682. The summed E-state index contributed by atoms with van der Waals surface area (Å²) in [7, 11) is 0. The van der Waals surface area contributed by atoms with Crippen molar-refractivity contribution >= 4 is 39.6 Å². The minimum Gasteiger partial charge on any atom is -0.481 e. The van der Waals surface area contributed by atoms with Crippen molar-refractivity contribution < 1.29 is 19.1 Å². The van der Waals surface area contributed by atoms with Crippen LogP contribution in [0.4, 0.5) is 5.69 Å². The highest BCUT2D eigenvalue weighted by atomic mass is 79.9. The molecular formula is C22H21BrN2O4. The number of nitriles is 1. The molecule has 0 spiro atoms. The fourth-order valence-electron chi connectivity index (χ4n) is 2.42. The smallest absolute Gasteiger partial charge is 0.344 e. The van der Waals surface area contributed by atoms with Gasteiger partial charge < -0.3 is 14.8 Å². The van der Waals surface area contributed by atoms with Gasteiger partial charge >= 0.3 is 5.97 Å². The molecule has 2 aromatic carbocycles. The molecule has 1 amide bonds. The average molecular weight is 457 g/mol. The van der Waals surface area contributed by atoms with Crippen LogP contribution in [0.5, 0.6) is 5.75 Å². The number of halogens is 1. The predicted octanol–water partition coefficient (Wildman–Crippen LogP) is 4.55. The molecule has 150 valence electrons. The Hall–Kier alpha value is -3.11. The Bertz CT molecular complexity index is 993. The van der Waals surface area contributed by atoms with Gasteiger partial charge in [0.1, 0.15) is 17.4 Å². The second-order valence-corrected chi connectivity index (χ2v) is 7.11. The lowest BCUT2D eigenvalue weighted by Crippen LogP contribution is -2.15. The van der Waals surface area contributed by atoms with Gasteiger partial charge in [-0.1, -0.05) is 22.0 Å². The number of amides is 1. The summed E-state index contributed by atoms with van der Waals surface area (Å²) in [5, 5.41) is 12.2. The number of aryl methyl sites for hydroxylation is 2. The number of anilines is 1. The van der Waals surface area contributed by atoms with E-state index in [-0.39, 0.29) is 18.8 Å². The highest BCUT2D eigenvalue weighted by Crippen LogP contribution is 2.26. The predicted molar refractivity (Wildman–Crippen MR) is 114 cm³/mol. The first kappa shape index (κ1) is 22.2. The molecule has 0 fully saturated rings. The van der Waals surface area contributed by atoms with Gasteiger partial charge in [-0.25, -0.2) is 4.79 Å². The number of carbonyl (C=O) groups excluding carboxylic acids is 2. The van der Waals surface area contributed by atoms with E-state index in [0.717, 1.165) is 15.6 Å². The number of ether oxygens (including phenoxy) is 2. The summed E-state index contributed by atoms with van der Waals surface area (Å²) in [5.41, 5.74) is 3.13. The van der Waals surface area contributed by atoms with E-state index in [1.165, 1.54) is 6.08 Å². The van der Waals surface area contributed by atoms with Crippen LogP contribution in [-0.2, 0) is 14.3 Å². The third kappa shape index (κ3) is 6.47. The normalized spacial score (nSPS) is 10.8. The van der Waals surface area contributed by atoms with Crippen LogP contribution in [0, 0.1) is 25.2 Å². The van der Waals surface area contributed by atoms with Gasteiger partial charge in [0, 0.05) is 15.7 Å². The first-order chi connectivity index (χ1) is 13.8. The Morgan fingerprint density at radius 2 is 1.93 bits per heavy atom. The lowest BCUT2D eigenvalue weighted by Gasteiger charge is -2.10. The molecule has 0 aliphatic heterocycles. The number of nitrogens with one attached hydrogen (secondary N) is 1. The molecule has 0 aromatic heterocycles. The zero-order valence-electron chi connectivity index (χ0n) is 16.4. The highest BCUT2D eigenvalue weighted by Gasteiger charge is 2.13. The van der Waals surface area contributed by atoms with Crippen LogP contribution in [0.15, 0.2) is 46.4 Å². The molecule has 0 aliphatic carbocycles. The van der Waals surface area contributed by atoms with Gasteiger partial charge in [-0.05, 0) is 68.3 Å². The SMILES string of the molecule is CCOC(=O)COc1ccc(Br)cc1/C=C(\C#N)C(=O)Nc1ccc(C)c(C)c1. The zero-order chi connectivity index (χ0) is 21.4. The van der Waals surface area contributed by atoms with Gasteiger partial charge in [0.05, 0.1) is 6.61 Å². The number of nitrogens with zero attached hydrogens (tertiary/aromatic N) is 1. The lowest BCUT2D eigenvalue weighted by atomic mass is 10.1. The van der Waals surface area contributed by atoms with Crippen LogP contribution in [0.2, 0.25) is 0 Å². The summed E-state index contributed by atoms with van der Waals surface area (Å²) >= 11 is 3.36. The van der Waals surface area contributed by atoms with Crippen LogP contribution in [0.3, 0.4) is 0 Å². The van der Waals surface area contributed by atoms with Crippen LogP contribution in [0.1, 0.15) is 23.6 Å². The summed E-state index contributed by atoms with van der Waals surface area (Å²) in [6.07, 6.45) is 1.42. The molecule has 2 aromatic rings. The zero-order valence-corrected chi connectivity index (χ0v) is 18.0. The highest BCUT2D eigenvalue weighted by molar-refractivity contribution is 9.10. The third-order valence-corrected chi connectivity index (χ3v) is 4.55. The van der Waals surface area contributed by atoms with E-state index in [4.69, 9.17) is 9.47 Å². The van der Waals surface area contributed by atoms with Crippen LogP contribution in [-0.4, -0.2) is 25.1 Å². The second-order valence-electron chi connectivity index (χ2n) is 6.20. The first-order valence-electron chi connectivity index (χ1n) is 8.92. The number of carbonyl (C=O) groups is 2. The summed E-state index contributed by atoms with van der Waals surface area (Å²) < 4.78 is 11.1. The Morgan fingerprint density at radius 3 is 2.59 bits per heavy atom. The van der Waals surface area contributed by atoms with Gasteiger partial charge in [-0.15, -0.1) is 0 Å². The standard InChI is InChI=1S/C22H21BrN2O4/c1-4-28-21(26)13-29-20-8-6-18(23)11-16(20)10-17(12-24)22(27)25-19-7-5-14(2)15(3)9-19/h5-11H,4,13H2,1-3H3,(H,25,27)/b17-10+. The molecule has 0 heterocycles. The minimum absolute atomic E-state index is 0.0951. The molecule has 0 bridgehead atoms. The number of hydrogen-bond acceptors (Lipinski definition) is 5. The van der Waals surface area contributed by atoms with Crippen molar-refractivity contribution in [2.45, 2.75) is 20.8 Å². The number of esters is 1. The quantitative estimate of drug-likeness (QED) is 0.374. The van der Waals surface area contributed by atoms with E-state index in [0.29, 0.717) is 17.0 Å². The van der Waals surface area contributed by atoms with Crippen molar-refractivity contribution in [1.82, 2.24) is 0 Å². The molecule has 6 nitrogen and oxygen atoms in total. The fraction of sp³-hybridized carbons (Fsp3) is 0.227. The Morgan fingerprint density at radius 1 is 1.17 bits per heavy atom. The van der Waals surface area contributed by atoms with Gasteiger partial charge in [0.25, 0.3) is 5.91 Å². The van der Waals surface area contributed by atoms with E-state index >= 15 is 0 Å². The maximum atomic E-state index is 12.6. The molecule has 1 N–H and O–H groups in total. The third-order valence-electron chi connectivity index (χ3n) is 4.05. The minimum atomic E-state index is -0.535. The van der Waals surface area contributed by atoms with Crippen LogP contribution < -0.4 is 10.1 Å². The lowest BCUT2D eigenvalue weighted by molar-refractivity contribution is -0.145. The molecule has 0 saturated heterocycles. The number of hydrogen-bond donors (Lipinski definition) is 1. The van der Waals surface area contributed by atoms with E-state index in [2.05, 4.69) is 21.2 Å². The molecule has 0 aliphatic rings. The maximum Gasteiger partial charge on any atom is 0.344 e. The molecule has 0 atom stereocenters. The van der Waals surface area contributed by atoms with Gasteiger partial charge in [0.2, 0.25) is 0 Å². The molecule has 0 unspecified atom stereocenters. The van der Waals surface area contributed by atoms with E-state index < -0.39 is 11.9 Å². The molecule has 2 rings (SSSR count). The molecule has 0 saturated carbocycles. The van der Waals surface area contributed by atoms with Crippen LogP contribution in [0.25, 0.3) is 6.08 Å². The number of benzene rings is 2. The molecular weight excluding hydrogens is 436 g/mol. The van der Waals surface area contributed by atoms with E-state index in [1.807, 2.05) is 32.0 Å². The largest absolute Gasteiger partial charge is 0.481 e. The summed E-state index contributed by atoms with van der Waals surface area (Å²) in [6.45, 7) is 5.62. The van der Waals surface area contributed by atoms with E-state index in [9.17, 15) is 14.9 Å². The summed E-state index contributed by atoms with van der Waals surface area (Å²) in [6, 6.07) is 12.5. The van der Waals surface area contributed by atoms with Crippen molar-refractivity contribution in [3.05, 3.63) is 63.1 Å². The summed E-state index contributed by atoms with van der Waals surface area (Å²) in [4.78, 5) is 24.1. The fourth-order valence-corrected chi connectivity index (χ4v) is 2.80.